The highest BCUT2D eigenvalue weighted by Crippen LogP contribution is 2.48. The average Bonchev–Trinajstić information content (AvgIpc) is 3.73. The van der Waals surface area contributed by atoms with Crippen molar-refractivity contribution < 1.29 is 9.13 Å². The average molecular weight is 761 g/mol. The lowest BCUT2D eigenvalue weighted by molar-refractivity contribution is 0.484. The first-order valence-electron chi connectivity index (χ1n) is 19.9. The number of para-hydroxylation sites is 2. The Kier molecular flexibility index (Phi) is 7.15. The van der Waals surface area contributed by atoms with Crippen LogP contribution in [0.5, 0.6) is 11.5 Å². The molecule has 0 atom stereocenters. The van der Waals surface area contributed by atoms with Gasteiger partial charge in [-0.15, -0.1) is 11.3 Å². The van der Waals surface area contributed by atoms with Crippen molar-refractivity contribution in [2.24, 2.45) is 0 Å². The molecule has 7 aromatic carbocycles. The van der Waals surface area contributed by atoms with Crippen LogP contribution in [0.25, 0.3) is 47.7 Å². The molecule has 0 unspecified atom stereocenters. The van der Waals surface area contributed by atoms with Gasteiger partial charge in [0.25, 0.3) is 6.71 Å². The van der Waals surface area contributed by atoms with Crippen LogP contribution in [-0.2, 0) is 10.8 Å². The molecule has 0 fully saturated rings. The van der Waals surface area contributed by atoms with E-state index >= 15 is 4.39 Å². The minimum absolute atomic E-state index is 0.102. The Bertz CT molecular complexity index is 3130. The molecule has 4 heterocycles. The highest BCUT2D eigenvalue weighted by atomic mass is 32.1. The number of hydrogen-bond donors (Lipinski definition) is 0. The Labute approximate surface area is 337 Å². The van der Waals surface area contributed by atoms with E-state index in [4.69, 9.17) is 4.74 Å². The number of fused-ring (bicyclic) bond motifs is 11. The van der Waals surface area contributed by atoms with Gasteiger partial charge in [0.05, 0.1) is 22.4 Å². The molecular weight excluding hydrogens is 718 g/mol. The quantitative estimate of drug-likeness (QED) is 0.163. The van der Waals surface area contributed by atoms with Gasteiger partial charge >= 0.3 is 0 Å². The van der Waals surface area contributed by atoms with Crippen molar-refractivity contribution in [3.05, 3.63) is 150 Å². The third-order valence-corrected chi connectivity index (χ3v) is 13.5. The molecule has 0 amide bonds. The molecule has 2 aromatic heterocycles. The van der Waals surface area contributed by atoms with Crippen LogP contribution in [0.2, 0.25) is 0 Å². The number of aryl methyl sites for hydroxylation is 1. The highest BCUT2D eigenvalue weighted by Gasteiger charge is 2.45. The molecule has 0 radical (unpaired) electrons. The van der Waals surface area contributed by atoms with Crippen molar-refractivity contribution in [3.63, 3.8) is 0 Å². The molecule has 2 aliphatic rings. The van der Waals surface area contributed by atoms with Gasteiger partial charge in [-0.3, -0.25) is 0 Å². The zero-order valence-electron chi connectivity index (χ0n) is 33.3. The van der Waals surface area contributed by atoms with Crippen molar-refractivity contribution >= 4 is 93.5 Å². The maximum atomic E-state index is 16.4. The number of hydrogen-bond acceptors (Lipinski definition) is 3. The Morgan fingerprint density at radius 2 is 1.21 bits per heavy atom. The van der Waals surface area contributed by atoms with E-state index in [1.165, 1.54) is 42.0 Å². The lowest BCUT2D eigenvalue weighted by Crippen LogP contribution is -2.60. The molecule has 0 bridgehead atoms. The summed E-state index contributed by atoms with van der Waals surface area (Å²) in [6, 6.07) is 45.5. The standard InChI is InChI=1S/C51H42BFN2OS/c1-29-20-22-40(36(53)24-29)55-39-23-21-30(50(2,3)4)25-35(39)52-47-42(55)26-31(51(5,6)7)27-43(47)56-44-28-41(46-34-16-10-13-19-45(34)57-49(46)48(44)52)54-37-17-11-8-14-32(37)33-15-9-12-18-38(33)54/h8-28H,1-7H3. The Hall–Kier alpha value is -5.85. The van der Waals surface area contributed by atoms with Crippen molar-refractivity contribution in [2.75, 3.05) is 4.90 Å². The number of ether oxygens (including phenoxy) is 1. The van der Waals surface area contributed by atoms with Gasteiger partial charge in [0.2, 0.25) is 0 Å². The summed E-state index contributed by atoms with van der Waals surface area (Å²) in [6.07, 6.45) is 0. The summed E-state index contributed by atoms with van der Waals surface area (Å²) in [5, 5.41) is 4.91. The second-order valence-corrected chi connectivity index (χ2v) is 19.0. The molecule has 0 aliphatic carbocycles. The number of benzene rings is 7. The molecule has 9 aromatic rings. The number of thiophene rings is 1. The fourth-order valence-corrected chi connectivity index (χ4v) is 10.7. The molecule has 0 N–H and O–H groups in total. The monoisotopic (exact) mass is 760 g/mol. The number of anilines is 3. The van der Waals surface area contributed by atoms with E-state index in [1.807, 2.05) is 30.4 Å². The third kappa shape index (κ3) is 4.96. The molecule has 3 nitrogen and oxygen atoms in total. The second-order valence-electron chi connectivity index (χ2n) is 18.0. The van der Waals surface area contributed by atoms with Crippen LogP contribution in [0, 0.1) is 12.7 Å². The van der Waals surface area contributed by atoms with E-state index in [2.05, 4.69) is 160 Å². The Morgan fingerprint density at radius 3 is 1.89 bits per heavy atom. The molecular formula is C51H42BFN2OS. The number of nitrogens with zero attached hydrogens (tertiary/aromatic N) is 2. The van der Waals surface area contributed by atoms with Crippen LogP contribution in [0.15, 0.2) is 127 Å². The van der Waals surface area contributed by atoms with Crippen LogP contribution >= 0.6 is 11.3 Å². The van der Waals surface area contributed by atoms with Gasteiger partial charge in [0.15, 0.2) is 0 Å². The van der Waals surface area contributed by atoms with Crippen LogP contribution in [0.4, 0.5) is 21.5 Å². The van der Waals surface area contributed by atoms with E-state index in [-0.39, 0.29) is 23.4 Å². The summed E-state index contributed by atoms with van der Waals surface area (Å²) in [6.45, 7) is 15.3. The fourth-order valence-electron chi connectivity index (χ4n) is 9.41. The minimum atomic E-state index is -0.242. The van der Waals surface area contributed by atoms with E-state index in [0.717, 1.165) is 61.6 Å². The minimum Gasteiger partial charge on any atom is -0.458 e. The van der Waals surface area contributed by atoms with E-state index < -0.39 is 0 Å². The molecule has 0 spiro atoms. The Balaban J connectivity index is 1.30. The predicted octanol–water partition coefficient (Wildman–Crippen LogP) is 12.6. The van der Waals surface area contributed by atoms with Gasteiger partial charge in [0.1, 0.15) is 17.3 Å². The fraction of sp³-hybridized carbons (Fsp3) is 0.176. The maximum Gasteiger partial charge on any atom is 0.258 e. The van der Waals surface area contributed by atoms with Gasteiger partial charge < -0.3 is 14.2 Å². The first-order chi connectivity index (χ1) is 27.4. The number of aromatic nitrogens is 1. The zero-order valence-corrected chi connectivity index (χ0v) is 34.1. The normalized spacial score (nSPS) is 13.7. The van der Waals surface area contributed by atoms with E-state index in [0.29, 0.717) is 5.69 Å². The SMILES string of the molecule is Cc1ccc(N2c3ccc(C(C)(C)C)cc3B3c4c(cc(C(C)(C)C)cc42)Oc2cc(-n4c5ccccc5c5ccccc54)c4c(sc5ccccc54)c23)c(F)c1. The summed E-state index contributed by atoms with van der Waals surface area (Å²) < 4.78 is 28.7. The van der Waals surface area contributed by atoms with Gasteiger partial charge in [-0.25, -0.2) is 4.39 Å². The topological polar surface area (TPSA) is 17.4 Å². The summed E-state index contributed by atoms with van der Waals surface area (Å²) in [4.78, 5) is 2.16. The van der Waals surface area contributed by atoms with Gasteiger partial charge in [-0.2, -0.15) is 0 Å². The second kappa shape index (κ2) is 11.8. The van der Waals surface area contributed by atoms with Crippen LogP contribution in [0.3, 0.4) is 0 Å². The van der Waals surface area contributed by atoms with Crippen LogP contribution in [-0.4, -0.2) is 11.3 Å². The largest absolute Gasteiger partial charge is 0.458 e. The number of halogens is 1. The third-order valence-electron chi connectivity index (χ3n) is 12.3. The first kappa shape index (κ1) is 34.4. The molecule has 57 heavy (non-hydrogen) atoms. The smallest absolute Gasteiger partial charge is 0.258 e. The molecule has 11 rings (SSSR count). The summed E-state index contributed by atoms with van der Waals surface area (Å²) in [7, 11) is 0. The lowest BCUT2D eigenvalue weighted by Gasteiger charge is -2.42. The van der Waals surface area contributed by atoms with Gasteiger partial charge in [-0.1, -0.05) is 114 Å². The highest BCUT2D eigenvalue weighted by molar-refractivity contribution is 7.28. The molecule has 0 saturated carbocycles. The Morgan fingerprint density at radius 1 is 0.579 bits per heavy atom. The number of rotatable bonds is 2. The summed E-state index contributed by atoms with van der Waals surface area (Å²) >= 11 is 1.85. The molecule has 0 saturated heterocycles. The van der Waals surface area contributed by atoms with Crippen molar-refractivity contribution in [3.8, 4) is 17.2 Å². The molecule has 6 heteroatoms. The van der Waals surface area contributed by atoms with Crippen molar-refractivity contribution in [1.29, 1.82) is 0 Å². The van der Waals surface area contributed by atoms with E-state index in [9.17, 15) is 0 Å². The molecule has 2 aliphatic heterocycles. The van der Waals surface area contributed by atoms with Crippen LogP contribution in [0.1, 0.15) is 58.2 Å². The zero-order chi connectivity index (χ0) is 39.1. The first-order valence-corrected chi connectivity index (χ1v) is 20.7. The summed E-state index contributed by atoms with van der Waals surface area (Å²) in [5.74, 6) is 1.45. The van der Waals surface area contributed by atoms with Gasteiger partial charge in [0, 0.05) is 48.4 Å². The molecule has 278 valence electrons. The maximum absolute atomic E-state index is 16.4. The van der Waals surface area contributed by atoms with Gasteiger partial charge in [-0.05, 0) is 99.4 Å². The predicted molar refractivity (Wildman–Crippen MR) is 242 cm³/mol. The van der Waals surface area contributed by atoms with Crippen LogP contribution < -0.4 is 26.0 Å². The summed E-state index contributed by atoms with van der Waals surface area (Å²) in [5.41, 5.74) is 12.3. The van der Waals surface area contributed by atoms with Crippen molar-refractivity contribution in [1.82, 2.24) is 4.57 Å². The van der Waals surface area contributed by atoms with E-state index in [1.54, 1.807) is 6.07 Å². The lowest BCUT2D eigenvalue weighted by atomic mass is 9.33. The van der Waals surface area contributed by atoms with Crippen molar-refractivity contribution in [2.45, 2.75) is 59.3 Å².